The molecule has 23 heavy (non-hydrogen) atoms. The number of rotatable bonds is 4. The van der Waals surface area contributed by atoms with E-state index >= 15 is 0 Å². The Morgan fingerprint density at radius 3 is 2.43 bits per heavy atom. The van der Waals surface area contributed by atoms with Crippen LogP contribution in [-0.2, 0) is 19.5 Å². The lowest BCUT2D eigenvalue weighted by Gasteiger charge is -2.45. The Morgan fingerprint density at radius 2 is 1.87 bits per heavy atom. The average molecular weight is 346 g/mol. The zero-order valence-corrected chi connectivity index (χ0v) is 15.2. The average Bonchev–Trinajstić information content (AvgIpc) is 2.88. The van der Waals surface area contributed by atoms with Crippen molar-refractivity contribution in [2.75, 3.05) is 59.4 Å². The molecule has 3 saturated heterocycles. The summed E-state index contributed by atoms with van der Waals surface area (Å²) in [5.74, 6) is 0.319. The molecule has 6 nitrogen and oxygen atoms in total. The lowest BCUT2D eigenvalue weighted by atomic mass is 9.71. The first kappa shape index (κ1) is 17.6. The number of likely N-dealkylation sites (tertiary alicyclic amines) is 1. The van der Waals surface area contributed by atoms with Gasteiger partial charge in [0.1, 0.15) is 0 Å². The summed E-state index contributed by atoms with van der Waals surface area (Å²) in [6.45, 7) is 5.83. The van der Waals surface area contributed by atoms with E-state index in [2.05, 4.69) is 4.90 Å². The molecule has 1 atom stereocenters. The third-order valence-corrected chi connectivity index (χ3v) is 7.34. The second kappa shape index (κ2) is 6.96. The molecule has 0 amide bonds. The summed E-state index contributed by atoms with van der Waals surface area (Å²) in [7, 11) is -1.40. The van der Waals surface area contributed by atoms with Crippen molar-refractivity contribution in [2.24, 2.45) is 11.3 Å². The van der Waals surface area contributed by atoms with Crippen LogP contribution in [0.3, 0.4) is 0 Å². The van der Waals surface area contributed by atoms with E-state index in [1.54, 1.807) is 11.4 Å². The van der Waals surface area contributed by atoms with Gasteiger partial charge < -0.3 is 14.4 Å². The number of methoxy groups -OCH3 is 1. The number of piperidine rings is 1. The van der Waals surface area contributed by atoms with Crippen LogP contribution in [0.15, 0.2) is 0 Å². The minimum atomic E-state index is -3.12. The summed E-state index contributed by atoms with van der Waals surface area (Å²) in [6.07, 6.45) is 5.73. The monoisotopic (exact) mass is 346 g/mol. The summed E-state index contributed by atoms with van der Waals surface area (Å²) in [5, 5.41) is 0. The Morgan fingerprint density at radius 1 is 1.22 bits per heavy atom. The fourth-order valence-corrected chi connectivity index (χ4v) is 5.56. The van der Waals surface area contributed by atoms with Crippen molar-refractivity contribution >= 4 is 10.0 Å². The van der Waals surface area contributed by atoms with Crippen LogP contribution in [0, 0.1) is 11.3 Å². The lowest BCUT2D eigenvalue weighted by Crippen LogP contribution is -2.50. The Labute approximate surface area is 140 Å². The summed E-state index contributed by atoms with van der Waals surface area (Å²) < 4.78 is 36.5. The van der Waals surface area contributed by atoms with Crippen molar-refractivity contribution in [1.82, 2.24) is 9.21 Å². The molecule has 3 fully saturated rings. The molecule has 0 radical (unpaired) electrons. The molecule has 3 heterocycles. The molecular weight excluding hydrogens is 316 g/mol. The first-order chi connectivity index (χ1) is 10.9. The van der Waals surface area contributed by atoms with E-state index in [9.17, 15) is 8.42 Å². The van der Waals surface area contributed by atoms with Crippen molar-refractivity contribution in [3.63, 3.8) is 0 Å². The van der Waals surface area contributed by atoms with E-state index in [4.69, 9.17) is 9.47 Å². The van der Waals surface area contributed by atoms with Crippen LogP contribution >= 0.6 is 0 Å². The molecular formula is C16H30N2O4S. The highest BCUT2D eigenvalue weighted by atomic mass is 32.2. The fraction of sp³-hybridized carbons (Fsp3) is 1.00. The summed E-state index contributed by atoms with van der Waals surface area (Å²) >= 11 is 0. The molecule has 3 rings (SSSR count). The van der Waals surface area contributed by atoms with E-state index < -0.39 is 10.0 Å². The standard InChI is InChI=1S/C16H30N2O4S/c1-21-12-14-11-18(23(2,19)20)13-16(14)5-7-17(8-6-16)15-3-9-22-10-4-15/h14-15H,3-13H2,1-2H3/t14-/m0/s1. The van der Waals surface area contributed by atoms with Gasteiger partial charge in [0.15, 0.2) is 0 Å². The van der Waals surface area contributed by atoms with Gasteiger partial charge in [-0.25, -0.2) is 12.7 Å². The maximum Gasteiger partial charge on any atom is 0.211 e. The molecule has 134 valence electrons. The van der Waals surface area contributed by atoms with E-state index in [-0.39, 0.29) is 5.41 Å². The van der Waals surface area contributed by atoms with E-state index in [1.807, 2.05) is 0 Å². The maximum atomic E-state index is 12.0. The fourth-order valence-electron chi connectivity index (χ4n) is 4.62. The Hall–Kier alpha value is -0.210. The molecule has 0 N–H and O–H groups in total. The van der Waals surface area contributed by atoms with Crippen LogP contribution in [0.5, 0.6) is 0 Å². The predicted molar refractivity (Wildman–Crippen MR) is 88.9 cm³/mol. The van der Waals surface area contributed by atoms with Gasteiger partial charge >= 0.3 is 0 Å². The summed E-state index contributed by atoms with van der Waals surface area (Å²) in [4.78, 5) is 2.60. The smallest absolute Gasteiger partial charge is 0.211 e. The first-order valence-electron chi connectivity index (χ1n) is 8.70. The molecule has 3 aliphatic rings. The van der Waals surface area contributed by atoms with Crippen LogP contribution in [0.25, 0.3) is 0 Å². The zero-order chi connectivity index (χ0) is 16.5. The minimum absolute atomic E-state index is 0.0980. The van der Waals surface area contributed by atoms with Crippen LogP contribution < -0.4 is 0 Å². The van der Waals surface area contributed by atoms with E-state index in [1.165, 1.54) is 6.26 Å². The Balaban J connectivity index is 1.66. The molecule has 7 heteroatoms. The van der Waals surface area contributed by atoms with E-state index in [0.717, 1.165) is 52.0 Å². The van der Waals surface area contributed by atoms with Crippen LogP contribution in [0.4, 0.5) is 0 Å². The van der Waals surface area contributed by atoms with Gasteiger partial charge in [-0.3, -0.25) is 0 Å². The molecule has 0 aromatic carbocycles. The first-order valence-corrected chi connectivity index (χ1v) is 10.6. The van der Waals surface area contributed by atoms with Crippen molar-refractivity contribution < 1.29 is 17.9 Å². The third-order valence-electron chi connectivity index (χ3n) is 6.12. The number of hydrogen-bond donors (Lipinski definition) is 0. The molecule has 0 aliphatic carbocycles. The molecule has 0 aromatic rings. The third kappa shape index (κ3) is 3.74. The van der Waals surface area contributed by atoms with Crippen molar-refractivity contribution in [2.45, 2.75) is 31.7 Å². The second-order valence-corrected chi connectivity index (χ2v) is 9.43. The normalized spacial score (nSPS) is 31.0. The molecule has 0 saturated carbocycles. The van der Waals surface area contributed by atoms with Crippen molar-refractivity contribution in [3.8, 4) is 0 Å². The van der Waals surface area contributed by atoms with E-state index in [0.29, 0.717) is 31.7 Å². The van der Waals surface area contributed by atoms with Crippen molar-refractivity contribution in [3.05, 3.63) is 0 Å². The molecule has 1 spiro atoms. The highest BCUT2D eigenvalue weighted by molar-refractivity contribution is 7.88. The predicted octanol–water partition coefficient (Wildman–Crippen LogP) is 0.785. The topological polar surface area (TPSA) is 59.1 Å². The van der Waals surface area contributed by atoms with Gasteiger partial charge in [0.05, 0.1) is 12.9 Å². The second-order valence-electron chi connectivity index (χ2n) is 7.45. The summed E-state index contributed by atoms with van der Waals surface area (Å²) in [6, 6.07) is 0.648. The molecule has 3 aliphatic heterocycles. The van der Waals surface area contributed by atoms with Gasteiger partial charge in [0.25, 0.3) is 0 Å². The molecule has 0 aromatic heterocycles. The van der Waals surface area contributed by atoms with Gasteiger partial charge in [-0.1, -0.05) is 0 Å². The van der Waals surface area contributed by atoms with Gasteiger partial charge in [-0.05, 0) is 44.2 Å². The van der Waals surface area contributed by atoms with Gasteiger partial charge in [0, 0.05) is 45.4 Å². The number of hydrogen-bond acceptors (Lipinski definition) is 5. The lowest BCUT2D eigenvalue weighted by molar-refractivity contribution is -0.0103. The zero-order valence-electron chi connectivity index (χ0n) is 14.4. The van der Waals surface area contributed by atoms with Crippen molar-refractivity contribution in [1.29, 1.82) is 0 Å². The summed E-state index contributed by atoms with van der Waals surface area (Å²) in [5.41, 5.74) is 0.0980. The van der Waals surface area contributed by atoms with Crippen LogP contribution in [0.1, 0.15) is 25.7 Å². The van der Waals surface area contributed by atoms with Crippen LogP contribution in [-0.4, -0.2) is 83.0 Å². The maximum absolute atomic E-state index is 12.0. The SMILES string of the molecule is COC[C@@H]1CN(S(C)(=O)=O)CC12CCN(C1CCOCC1)CC2. The minimum Gasteiger partial charge on any atom is -0.384 e. The molecule has 0 bridgehead atoms. The molecule has 0 unspecified atom stereocenters. The Kier molecular flexibility index (Phi) is 5.33. The highest BCUT2D eigenvalue weighted by Crippen LogP contribution is 2.46. The number of sulfonamides is 1. The van der Waals surface area contributed by atoms with Gasteiger partial charge in [0.2, 0.25) is 10.0 Å². The largest absolute Gasteiger partial charge is 0.384 e. The number of ether oxygens (including phenoxy) is 2. The number of nitrogens with zero attached hydrogens (tertiary/aromatic N) is 2. The Bertz CT molecular complexity index is 496. The van der Waals surface area contributed by atoms with Gasteiger partial charge in [-0.15, -0.1) is 0 Å². The van der Waals surface area contributed by atoms with Crippen LogP contribution in [0.2, 0.25) is 0 Å². The van der Waals surface area contributed by atoms with Gasteiger partial charge in [-0.2, -0.15) is 0 Å². The quantitative estimate of drug-likeness (QED) is 0.753. The highest BCUT2D eigenvalue weighted by Gasteiger charge is 2.50.